The summed E-state index contributed by atoms with van der Waals surface area (Å²) >= 11 is 5.97. The number of carbonyl (C=O) groups excluding carboxylic acids is 2. The van der Waals surface area contributed by atoms with Crippen LogP contribution in [0, 0.1) is 13.8 Å². The summed E-state index contributed by atoms with van der Waals surface area (Å²) in [4.78, 5) is 31.6. The van der Waals surface area contributed by atoms with E-state index in [9.17, 15) is 9.59 Å². The Morgan fingerprint density at radius 2 is 1.81 bits per heavy atom. The number of hydrogen-bond donors (Lipinski definition) is 2. The highest BCUT2D eigenvalue weighted by Crippen LogP contribution is 2.20. The van der Waals surface area contributed by atoms with E-state index in [1.165, 1.54) is 0 Å². The molecule has 2 aromatic carbocycles. The van der Waals surface area contributed by atoms with E-state index in [2.05, 4.69) is 15.3 Å². The van der Waals surface area contributed by atoms with Crippen molar-refractivity contribution in [2.24, 2.45) is 0 Å². The number of hydrogen-bond acceptors (Lipinski definition) is 4. The van der Waals surface area contributed by atoms with Crippen LogP contribution in [-0.2, 0) is 9.53 Å². The van der Waals surface area contributed by atoms with E-state index < -0.39 is 18.5 Å². The van der Waals surface area contributed by atoms with E-state index in [1.54, 1.807) is 48.5 Å². The van der Waals surface area contributed by atoms with Gasteiger partial charge in [0.25, 0.3) is 5.91 Å². The summed E-state index contributed by atoms with van der Waals surface area (Å²) in [5.41, 5.74) is 3.60. The van der Waals surface area contributed by atoms with Crippen molar-refractivity contribution in [2.45, 2.75) is 13.8 Å². The molecule has 0 bridgehead atoms. The summed E-state index contributed by atoms with van der Waals surface area (Å²) in [6, 6.07) is 13.7. The van der Waals surface area contributed by atoms with Gasteiger partial charge in [-0.1, -0.05) is 35.9 Å². The van der Waals surface area contributed by atoms with Crippen LogP contribution < -0.4 is 5.32 Å². The number of nitrogens with zero attached hydrogens (tertiary/aromatic N) is 1. The van der Waals surface area contributed by atoms with Crippen LogP contribution in [-0.4, -0.2) is 28.5 Å². The lowest BCUT2D eigenvalue weighted by Crippen LogP contribution is -2.21. The Morgan fingerprint density at radius 1 is 1.11 bits per heavy atom. The van der Waals surface area contributed by atoms with Crippen molar-refractivity contribution in [1.82, 2.24) is 9.97 Å². The standard InChI is InChI=1S/C20H18ClN3O3/c1-12-13(2)23-19(22-12)14-7-9-15(10-8-14)20(26)27-11-18(25)24-17-6-4-3-5-16(17)21/h3-10H,11H2,1-2H3,(H,22,23)(H,24,25). The summed E-state index contributed by atoms with van der Waals surface area (Å²) < 4.78 is 5.05. The zero-order valence-corrected chi connectivity index (χ0v) is 15.6. The van der Waals surface area contributed by atoms with E-state index >= 15 is 0 Å². The van der Waals surface area contributed by atoms with Gasteiger partial charge in [0.1, 0.15) is 5.82 Å². The second-order valence-corrected chi connectivity index (χ2v) is 6.38. The van der Waals surface area contributed by atoms with Gasteiger partial charge in [-0.25, -0.2) is 9.78 Å². The molecule has 1 aromatic heterocycles. The van der Waals surface area contributed by atoms with E-state index in [0.717, 1.165) is 22.8 Å². The number of imidazole rings is 1. The molecule has 0 aliphatic carbocycles. The highest BCUT2D eigenvalue weighted by molar-refractivity contribution is 6.33. The van der Waals surface area contributed by atoms with Gasteiger partial charge in [0, 0.05) is 11.3 Å². The van der Waals surface area contributed by atoms with Crippen molar-refractivity contribution >= 4 is 29.2 Å². The Bertz CT molecular complexity index is 961. The molecule has 2 N–H and O–H groups in total. The molecule has 0 atom stereocenters. The first-order chi connectivity index (χ1) is 12.9. The number of aromatic amines is 1. The summed E-state index contributed by atoms with van der Waals surface area (Å²) in [7, 11) is 0. The smallest absolute Gasteiger partial charge is 0.338 e. The highest BCUT2D eigenvalue weighted by Gasteiger charge is 2.12. The molecule has 0 unspecified atom stereocenters. The second kappa shape index (κ2) is 8.05. The third-order valence-electron chi connectivity index (χ3n) is 4.00. The van der Waals surface area contributed by atoms with Crippen molar-refractivity contribution in [2.75, 3.05) is 11.9 Å². The van der Waals surface area contributed by atoms with E-state index in [1.807, 2.05) is 13.8 Å². The van der Waals surface area contributed by atoms with Gasteiger partial charge in [-0.3, -0.25) is 4.79 Å². The summed E-state index contributed by atoms with van der Waals surface area (Å²) in [6.07, 6.45) is 0. The van der Waals surface area contributed by atoms with Gasteiger partial charge in [-0.15, -0.1) is 0 Å². The normalized spacial score (nSPS) is 10.5. The highest BCUT2D eigenvalue weighted by atomic mass is 35.5. The lowest BCUT2D eigenvalue weighted by atomic mass is 10.1. The number of halogens is 1. The first-order valence-corrected chi connectivity index (χ1v) is 8.67. The predicted molar refractivity (Wildman–Crippen MR) is 104 cm³/mol. The molecular weight excluding hydrogens is 366 g/mol. The molecule has 0 fully saturated rings. The molecule has 7 heteroatoms. The molecule has 0 aliphatic heterocycles. The first kappa shape index (κ1) is 18.7. The fourth-order valence-electron chi connectivity index (χ4n) is 2.41. The average molecular weight is 384 g/mol. The van der Waals surface area contributed by atoms with Gasteiger partial charge in [-0.2, -0.15) is 0 Å². The van der Waals surface area contributed by atoms with E-state index in [0.29, 0.717) is 16.3 Å². The van der Waals surface area contributed by atoms with Crippen LogP contribution in [0.4, 0.5) is 5.69 Å². The number of H-pyrrole nitrogens is 1. The predicted octanol–water partition coefficient (Wildman–Crippen LogP) is 4.14. The average Bonchev–Trinajstić information content (AvgIpc) is 3.00. The van der Waals surface area contributed by atoms with Crippen LogP contribution in [0.25, 0.3) is 11.4 Å². The van der Waals surface area contributed by atoms with Gasteiger partial charge in [0.05, 0.1) is 22.0 Å². The quantitative estimate of drug-likeness (QED) is 0.648. The Kier molecular flexibility index (Phi) is 5.57. The lowest BCUT2D eigenvalue weighted by Gasteiger charge is -2.08. The molecule has 0 saturated heterocycles. The maximum absolute atomic E-state index is 12.1. The van der Waals surface area contributed by atoms with Crippen LogP contribution >= 0.6 is 11.6 Å². The fourth-order valence-corrected chi connectivity index (χ4v) is 2.59. The summed E-state index contributed by atoms with van der Waals surface area (Å²) in [5.74, 6) is -0.304. The Balaban J connectivity index is 1.58. The molecule has 3 rings (SSSR count). The maximum atomic E-state index is 12.1. The molecule has 0 saturated carbocycles. The molecule has 1 amide bonds. The van der Waals surface area contributed by atoms with Gasteiger partial charge in [0.2, 0.25) is 0 Å². The molecule has 27 heavy (non-hydrogen) atoms. The number of rotatable bonds is 5. The summed E-state index contributed by atoms with van der Waals surface area (Å²) in [6.45, 7) is 3.47. The molecule has 1 heterocycles. The van der Waals surface area contributed by atoms with Crippen molar-refractivity contribution in [3.8, 4) is 11.4 Å². The number of anilines is 1. The molecule has 138 valence electrons. The molecule has 6 nitrogen and oxygen atoms in total. The van der Waals surface area contributed by atoms with Crippen LogP contribution in [0.2, 0.25) is 5.02 Å². The molecule has 0 aliphatic rings. The first-order valence-electron chi connectivity index (χ1n) is 8.29. The van der Waals surface area contributed by atoms with E-state index in [-0.39, 0.29) is 0 Å². The van der Waals surface area contributed by atoms with Crippen LogP contribution in [0.5, 0.6) is 0 Å². The lowest BCUT2D eigenvalue weighted by molar-refractivity contribution is -0.119. The number of aromatic nitrogens is 2. The Hall–Kier alpha value is -3.12. The monoisotopic (exact) mass is 383 g/mol. The number of carbonyl (C=O) groups is 2. The maximum Gasteiger partial charge on any atom is 0.338 e. The molecule has 0 radical (unpaired) electrons. The Labute approximate surface area is 161 Å². The molecule has 0 spiro atoms. The van der Waals surface area contributed by atoms with Crippen molar-refractivity contribution in [1.29, 1.82) is 0 Å². The van der Waals surface area contributed by atoms with Gasteiger partial charge < -0.3 is 15.0 Å². The fraction of sp³-hybridized carbons (Fsp3) is 0.150. The van der Waals surface area contributed by atoms with Crippen LogP contribution in [0.15, 0.2) is 48.5 Å². The molecule has 3 aromatic rings. The number of amides is 1. The van der Waals surface area contributed by atoms with Crippen LogP contribution in [0.1, 0.15) is 21.7 Å². The Morgan fingerprint density at radius 3 is 2.44 bits per heavy atom. The van der Waals surface area contributed by atoms with Gasteiger partial charge in [0.15, 0.2) is 6.61 Å². The van der Waals surface area contributed by atoms with E-state index in [4.69, 9.17) is 16.3 Å². The SMILES string of the molecule is Cc1nc(-c2ccc(C(=O)OCC(=O)Nc3ccccc3Cl)cc2)[nH]c1C. The minimum Gasteiger partial charge on any atom is -0.452 e. The third-order valence-corrected chi connectivity index (χ3v) is 4.33. The van der Waals surface area contributed by atoms with Crippen molar-refractivity contribution in [3.05, 3.63) is 70.5 Å². The molecular formula is C20H18ClN3O3. The third kappa shape index (κ3) is 4.54. The number of para-hydroxylation sites is 1. The number of benzene rings is 2. The van der Waals surface area contributed by atoms with Crippen molar-refractivity contribution < 1.29 is 14.3 Å². The number of aryl methyl sites for hydroxylation is 2. The topological polar surface area (TPSA) is 84.1 Å². The minimum absolute atomic E-state index is 0.351. The zero-order chi connectivity index (χ0) is 19.4. The van der Waals surface area contributed by atoms with Gasteiger partial charge >= 0.3 is 5.97 Å². The second-order valence-electron chi connectivity index (χ2n) is 5.98. The zero-order valence-electron chi connectivity index (χ0n) is 14.9. The van der Waals surface area contributed by atoms with Crippen molar-refractivity contribution in [3.63, 3.8) is 0 Å². The number of esters is 1. The van der Waals surface area contributed by atoms with Crippen LogP contribution in [0.3, 0.4) is 0 Å². The minimum atomic E-state index is -0.581. The van der Waals surface area contributed by atoms with Gasteiger partial charge in [-0.05, 0) is 38.1 Å². The largest absolute Gasteiger partial charge is 0.452 e. The summed E-state index contributed by atoms with van der Waals surface area (Å²) in [5, 5.41) is 3.01. The number of nitrogens with one attached hydrogen (secondary N) is 2. The number of ether oxygens (including phenoxy) is 1.